The van der Waals surface area contributed by atoms with Gasteiger partial charge in [0.25, 0.3) is 0 Å². The number of aromatic nitrogens is 3. The second kappa shape index (κ2) is 8.51. The Morgan fingerprint density at radius 2 is 1.79 bits per heavy atom. The van der Waals surface area contributed by atoms with Gasteiger partial charge < -0.3 is 4.57 Å². The van der Waals surface area contributed by atoms with Gasteiger partial charge in [-0.15, -0.1) is 21.5 Å². The van der Waals surface area contributed by atoms with Crippen LogP contribution in [0, 0.1) is 19.7 Å². The second-order valence-corrected chi connectivity index (χ2v) is 8.90. The Balaban J connectivity index is 1.69. The topological polar surface area (TPSA) is 30.7 Å². The van der Waals surface area contributed by atoms with Crippen molar-refractivity contribution in [3.05, 3.63) is 75.7 Å². The van der Waals surface area contributed by atoms with Crippen molar-refractivity contribution in [1.82, 2.24) is 14.8 Å². The van der Waals surface area contributed by atoms with E-state index in [0.717, 1.165) is 23.1 Å². The fourth-order valence-corrected chi connectivity index (χ4v) is 5.19. The van der Waals surface area contributed by atoms with Gasteiger partial charge in [-0.05, 0) is 38.0 Å². The predicted molar refractivity (Wildman–Crippen MR) is 120 cm³/mol. The maximum Gasteiger partial charge on any atom is 0.191 e. The average molecular weight is 424 g/mol. The Morgan fingerprint density at radius 1 is 1.03 bits per heavy atom. The van der Waals surface area contributed by atoms with Crippen molar-refractivity contribution < 1.29 is 4.39 Å². The van der Waals surface area contributed by atoms with E-state index in [-0.39, 0.29) is 5.82 Å². The number of rotatable bonds is 6. The third kappa shape index (κ3) is 4.00. The Morgan fingerprint density at radius 3 is 2.52 bits per heavy atom. The van der Waals surface area contributed by atoms with Crippen LogP contribution < -0.4 is 0 Å². The molecule has 0 saturated heterocycles. The quantitative estimate of drug-likeness (QED) is 0.322. The first-order valence-electron chi connectivity index (χ1n) is 9.53. The van der Waals surface area contributed by atoms with E-state index < -0.39 is 0 Å². The molecule has 0 fully saturated rings. The van der Waals surface area contributed by atoms with Crippen molar-refractivity contribution in [2.45, 2.75) is 38.2 Å². The summed E-state index contributed by atoms with van der Waals surface area (Å²) in [6.07, 6.45) is 0. The first-order valence-corrected chi connectivity index (χ1v) is 11.4. The zero-order chi connectivity index (χ0) is 20.4. The van der Waals surface area contributed by atoms with E-state index in [1.165, 1.54) is 39.4 Å². The summed E-state index contributed by atoms with van der Waals surface area (Å²) in [5.41, 5.74) is 5.42. The molecule has 0 unspecified atom stereocenters. The highest BCUT2D eigenvalue weighted by molar-refractivity contribution is 7.98. The minimum absolute atomic E-state index is 0.182. The number of hydrogen-bond acceptors (Lipinski definition) is 4. The number of benzene rings is 2. The van der Waals surface area contributed by atoms with Crippen LogP contribution in [0.4, 0.5) is 4.39 Å². The summed E-state index contributed by atoms with van der Waals surface area (Å²) in [7, 11) is 0. The summed E-state index contributed by atoms with van der Waals surface area (Å²) in [6.45, 7) is 7.08. The van der Waals surface area contributed by atoms with Gasteiger partial charge >= 0.3 is 0 Å². The molecule has 3 nitrogen and oxygen atoms in total. The van der Waals surface area contributed by atoms with Gasteiger partial charge in [0.1, 0.15) is 5.82 Å². The monoisotopic (exact) mass is 423 g/mol. The molecule has 2 aromatic carbocycles. The van der Waals surface area contributed by atoms with Crippen LogP contribution in [0.2, 0.25) is 0 Å². The summed E-state index contributed by atoms with van der Waals surface area (Å²) in [5, 5.41) is 11.9. The van der Waals surface area contributed by atoms with Gasteiger partial charge in [-0.2, -0.15) is 0 Å². The minimum Gasteiger partial charge on any atom is -0.302 e. The second-order valence-electron chi connectivity index (χ2n) is 6.88. The third-order valence-electron chi connectivity index (χ3n) is 4.90. The van der Waals surface area contributed by atoms with Crippen molar-refractivity contribution in [2.24, 2.45) is 0 Å². The van der Waals surface area contributed by atoms with Gasteiger partial charge in [0.2, 0.25) is 0 Å². The van der Waals surface area contributed by atoms with Gasteiger partial charge in [0.05, 0.1) is 0 Å². The molecule has 0 amide bonds. The number of halogens is 1. The van der Waals surface area contributed by atoms with Crippen LogP contribution >= 0.6 is 23.1 Å². The van der Waals surface area contributed by atoms with Crippen molar-refractivity contribution >= 4 is 23.1 Å². The fourth-order valence-electron chi connectivity index (χ4n) is 3.34. The normalized spacial score (nSPS) is 11.2. The minimum atomic E-state index is -0.182. The van der Waals surface area contributed by atoms with Crippen LogP contribution in [-0.2, 0) is 12.3 Å². The van der Waals surface area contributed by atoms with E-state index >= 15 is 0 Å². The van der Waals surface area contributed by atoms with Crippen molar-refractivity contribution in [2.75, 3.05) is 0 Å². The fraction of sp³-hybridized carbons (Fsp3) is 0.217. The van der Waals surface area contributed by atoms with Gasteiger partial charge in [0, 0.05) is 33.7 Å². The molecule has 4 rings (SSSR count). The number of nitrogens with zero attached hydrogens (tertiary/aromatic N) is 3. The van der Waals surface area contributed by atoms with Crippen LogP contribution in [-0.4, -0.2) is 14.8 Å². The van der Waals surface area contributed by atoms with Crippen molar-refractivity contribution in [1.29, 1.82) is 0 Å². The maximum atomic E-state index is 14.0. The molecule has 0 bridgehead atoms. The molecule has 148 valence electrons. The molecule has 6 heteroatoms. The molecule has 2 aromatic heterocycles. The Hall–Kier alpha value is -2.44. The van der Waals surface area contributed by atoms with Gasteiger partial charge in [-0.3, -0.25) is 0 Å². The summed E-state index contributed by atoms with van der Waals surface area (Å²) in [5.74, 6) is 1.21. The van der Waals surface area contributed by atoms with E-state index in [9.17, 15) is 4.39 Å². The Kier molecular flexibility index (Phi) is 5.83. The van der Waals surface area contributed by atoms with Crippen molar-refractivity contribution in [3.8, 4) is 22.5 Å². The lowest BCUT2D eigenvalue weighted by molar-refractivity contribution is 0.617. The van der Waals surface area contributed by atoms with Gasteiger partial charge in [0.15, 0.2) is 11.0 Å². The molecular formula is C23H22FN3S2. The smallest absolute Gasteiger partial charge is 0.191 e. The molecule has 29 heavy (non-hydrogen) atoms. The lowest BCUT2D eigenvalue weighted by Crippen LogP contribution is -2.00. The van der Waals surface area contributed by atoms with E-state index in [0.29, 0.717) is 11.3 Å². The molecular weight excluding hydrogens is 401 g/mol. The summed E-state index contributed by atoms with van der Waals surface area (Å²) in [4.78, 5) is 1.26. The van der Waals surface area contributed by atoms with Gasteiger partial charge in [-0.25, -0.2) is 4.39 Å². The Labute approximate surface area is 178 Å². The SMILES string of the molecule is CCn1c(SCc2ccccc2F)nnc1-c1csc(C)c1-c1ccc(C)cc1. The summed E-state index contributed by atoms with van der Waals surface area (Å²) >= 11 is 3.25. The first-order chi connectivity index (χ1) is 14.1. The number of thioether (sulfide) groups is 1. The number of thiophene rings is 1. The van der Waals surface area contributed by atoms with Crippen LogP contribution in [0.25, 0.3) is 22.5 Å². The number of hydrogen-bond donors (Lipinski definition) is 0. The predicted octanol–water partition coefficient (Wildman–Crippen LogP) is 6.74. The van der Waals surface area contributed by atoms with E-state index in [4.69, 9.17) is 0 Å². The van der Waals surface area contributed by atoms with Crippen LogP contribution in [0.1, 0.15) is 22.9 Å². The molecule has 0 radical (unpaired) electrons. The largest absolute Gasteiger partial charge is 0.302 e. The van der Waals surface area contributed by atoms with Crippen LogP contribution in [0.15, 0.2) is 59.1 Å². The molecule has 4 aromatic rings. The van der Waals surface area contributed by atoms with Crippen LogP contribution in [0.5, 0.6) is 0 Å². The molecule has 0 aliphatic heterocycles. The summed E-state index contributed by atoms with van der Waals surface area (Å²) < 4.78 is 16.1. The highest BCUT2D eigenvalue weighted by Gasteiger charge is 2.20. The molecule has 0 aliphatic rings. The maximum absolute atomic E-state index is 14.0. The van der Waals surface area contributed by atoms with E-state index in [1.54, 1.807) is 17.4 Å². The molecule has 0 saturated carbocycles. The zero-order valence-corrected chi connectivity index (χ0v) is 18.3. The zero-order valence-electron chi connectivity index (χ0n) is 16.6. The molecule has 0 N–H and O–H groups in total. The summed E-state index contributed by atoms with van der Waals surface area (Å²) in [6, 6.07) is 15.5. The molecule has 0 aliphatic carbocycles. The molecule has 0 atom stereocenters. The lowest BCUT2D eigenvalue weighted by Gasteiger charge is -2.10. The highest BCUT2D eigenvalue weighted by Crippen LogP contribution is 2.39. The van der Waals surface area contributed by atoms with Crippen LogP contribution in [0.3, 0.4) is 0 Å². The van der Waals surface area contributed by atoms with Gasteiger partial charge in [-0.1, -0.05) is 59.8 Å². The number of aryl methyl sites for hydroxylation is 2. The van der Waals surface area contributed by atoms with Crippen molar-refractivity contribution in [3.63, 3.8) is 0 Å². The highest BCUT2D eigenvalue weighted by atomic mass is 32.2. The van der Waals surface area contributed by atoms with E-state index in [1.807, 2.05) is 12.1 Å². The Bertz CT molecular complexity index is 1130. The standard InChI is InChI=1S/C23H22FN3S2/c1-4-27-22(25-26-23(27)29-13-18-7-5-6-8-20(18)24)19-14-28-16(3)21(19)17-11-9-15(2)10-12-17/h5-12,14H,4,13H2,1-3H3. The molecule has 2 heterocycles. The van der Waals surface area contributed by atoms with E-state index in [2.05, 4.69) is 65.2 Å². The first kappa shape index (κ1) is 19.9. The average Bonchev–Trinajstić information content (AvgIpc) is 3.31. The third-order valence-corrected chi connectivity index (χ3v) is 6.83. The lowest BCUT2D eigenvalue weighted by atomic mass is 10.0. The molecule has 0 spiro atoms.